The summed E-state index contributed by atoms with van der Waals surface area (Å²) < 4.78 is 33.2. The molecular weight excluding hydrogens is 607 g/mol. The van der Waals surface area contributed by atoms with E-state index < -0.39 is 58.7 Å². The standard InChI is InChI=1S/C30H39FN4O9Si/c1-30(2,3)45(5,6)44-16-12-8-11-15-43-27-25(42-4)17-24(34(38)39)22(26(27)35(40)41)19-32-20-23(31)28(36)33(29(32)37)18-21-13-9-7-10-14-21/h7,9-10,13-14,17,20H,8,11-12,15-16,18-19H2,1-6H3. The van der Waals surface area contributed by atoms with Crippen LogP contribution in [0.5, 0.6) is 11.5 Å². The number of nitro groups is 2. The van der Waals surface area contributed by atoms with Crippen LogP contribution in [-0.2, 0) is 17.5 Å². The van der Waals surface area contributed by atoms with Crippen LogP contribution < -0.4 is 20.7 Å². The molecule has 0 aliphatic heterocycles. The van der Waals surface area contributed by atoms with Gasteiger partial charge in [-0.15, -0.1) is 0 Å². The van der Waals surface area contributed by atoms with E-state index in [1.807, 2.05) is 0 Å². The summed E-state index contributed by atoms with van der Waals surface area (Å²) >= 11 is 0. The summed E-state index contributed by atoms with van der Waals surface area (Å²) in [7, 11) is -0.703. The molecule has 244 valence electrons. The lowest BCUT2D eigenvalue weighted by Crippen LogP contribution is -2.41. The minimum Gasteiger partial charge on any atom is -0.492 e. The quantitative estimate of drug-likeness (QED) is 0.0881. The number of unbranched alkanes of at least 4 members (excludes halogenated alkanes) is 2. The lowest BCUT2D eigenvalue weighted by atomic mass is 10.1. The fourth-order valence-electron chi connectivity index (χ4n) is 4.36. The summed E-state index contributed by atoms with van der Waals surface area (Å²) in [4.78, 5) is 48.5. The monoisotopic (exact) mass is 646 g/mol. The van der Waals surface area contributed by atoms with Crippen LogP contribution in [0.15, 0.2) is 52.2 Å². The smallest absolute Gasteiger partial charge is 0.331 e. The molecule has 0 unspecified atom stereocenters. The lowest BCUT2D eigenvalue weighted by molar-refractivity contribution is -0.396. The van der Waals surface area contributed by atoms with E-state index in [-0.39, 0.29) is 29.7 Å². The molecule has 1 heterocycles. The highest BCUT2D eigenvalue weighted by atomic mass is 28.4. The van der Waals surface area contributed by atoms with E-state index in [1.165, 1.54) is 7.11 Å². The van der Waals surface area contributed by atoms with E-state index in [9.17, 15) is 34.2 Å². The number of ether oxygens (including phenoxy) is 2. The molecule has 0 spiro atoms. The largest absolute Gasteiger partial charge is 0.492 e. The summed E-state index contributed by atoms with van der Waals surface area (Å²) in [5.41, 5.74) is -3.73. The zero-order valence-corrected chi connectivity index (χ0v) is 27.3. The molecule has 3 rings (SSSR count). The van der Waals surface area contributed by atoms with Crippen molar-refractivity contribution in [3.63, 3.8) is 0 Å². The Hall–Kier alpha value is -4.37. The maximum absolute atomic E-state index is 14.7. The Morgan fingerprint density at radius 2 is 1.60 bits per heavy atom. The normalized spacial score (nSPS) is 11.8. The molecule has 0 radical (unpaired) electrons. The molecule has 3 aromatic rings. The van der Waals surface area contributed by atoms with E-state index in [4.69, 9.17) is 13.9 Å². The van der Waals surface area contributed by atoms with Crippen molar-refractivity contribution in [1.82, 2.24) is 9.13 Å². The minimum atomic E-state index is -1.89. The number of halogens is 1. The summed E-state index contributed by atoms with van der Waals surface area (Å²) in [6.07, 6.45) is 2.52. The Kier molecular flexibility index (Phi) is 11.4. The molecule has 0 aliphatic rings. The molecule has 0 N–H and O–H groups in total. The van der Waals surface area contributed by atoms with Crippen molar-refractivity contribution in [2.24, 2.45) is 0 Å². The second-order valence-electron chi connectivity index (χ2n) is 12.1. The molecule has 13 nitrogen and oxygen atoms in total. The van der Waals surface area contributed by atoms with Gasteiger partial charge in [-0.25, -0.2) is 4.79 Å². The Labute approximate surface area is 260 Å². The molecule has 0 saturated carbocycles. The molecule has 45 heavy (non-hydrogen) atoms. The third-order valence-electron chi connectivity index (χ3n) is 7.91. The Morgan fingerprint density at radius 3 is 2.18 bits per heavy atom. The van der Waals surface area contributed by atoms with Gasteiger partial charge in [-0.2, -0.15) is 4.39 Å². The molecule has 2 aromatic carbocycles. The average Bonchev–Trinajstić information content (AvgIpc) is 2.97. The van der Waals surface area contributed by atoms with Gasteiger partial charge in [0.15, 0.2) is 14.1 Å². The lowest BCUT2D eigenvalue weighted by Gasteiger charge is -2.36. The van der Waals surface area contributed by atoms with Gasteiger partial charge in [-0.1, -0.05) is 51.1 Å². The first-order chi connectivity index (χ1) is 21.1. The van der Waals surface area contributed by atoms with Crippen LogP contribution in [0.3, 0.4) is 0 Å². The van der Waals surface area contributed by atoms with Crippen LogP contribution in [0.25, 0.3) is 0 Å². The molecule has 0 amide bonds. The first-order valence-electron chi connectivity index (χ1n) is 14.4. The van der Waals surface area contributed by atoms with E-state index in [0.717, 1.165) is 12.5 Å². The van der Waals surface area contributed by atoms with Gasteiger partial charge in [0.1, 0.15) is 5.56 Å². The minimum absolute atomic E-state index is 0.0328. The molecule has 0 fully saturated rings. The van der Waals surface area contributed by atoms with Crippen molar-refractivity contribution in [1.29, 1.82) is 0 Å². The Bertz CT molecular complexity index is 1650. The highest BCUT2D eigenvalue weighted by Crippen LogP contribution is 2.45. The zero-order chi connectivity index (χ0) is 33.5. The maximum Gasteiger partial charge on any atom is 0.331 e. The summed E-state index contributed by atoms with van der Waals surface area (Å²) in [6.45, 7) is 10.3. The van der Waals surface area contributed by atoms with Gasteiger partial charge in [-0.3, -0.25) is 34.2 Å². The van der Waals surface area contributed by atoms with E-state index in [0.29, 0.717) is 40.3 Å². The van der Waals surface area contributed by atoms with Gasteiger partial charge in [0.2, 0.25) is 11.6 Å². The Balaban J connectivity index is 1.93. The van der Waals surface area contributed by atoms with Crippen LogP contribution in [0.1, 0.15) is 51.2 Å². The van der Waals surface area contributed by atoms with Gasteiger partial charge in [0.05, 0.1) is 48.9 Å². The average molecular weight is 647 g/mol. The first-order valence-corrected chi connectivity index (χ1v) is 17.3. The van der Waals surface area contributed by atoms with E-state index in [1.54, 1.807) is 30.3 Å². The number of methoxy groups -OCH3 is 1. The fourth-order valence-corrected chi connectivity index (χ4v) is 5.45. The highest BCUT2D eigenvalue weighted by molar-refractivity contribution is 6.74. The van der Waals surface area contributed by atoms with Gasteiger partial charge < -0.3 is 13.9 Å². The molecule has 0 atom stereocenters. The third kappa shape index (κ3) is 8.42. The van der Waals surface area contributed by atoms with Crippen LogP contribution in [0.2, 0.25) is 18.1 Å². The number of hydrogen-bond donors (Lipinski definition) is 0. The number of rotatable bonds is 15. The molecule has 0 aliphatic carbocycles. The van der Waals surface area contributed by atoms with E-state index >= 15 is 0 Å². The second-order valence-corrected chi connectivity index (χ2v) is 16.9. The topological polar surface area (TPSA) is 158 Å². The highest BCUT2D eigenvalue weighted by Gasteiger charge is 2.37. The van der Waals surface area contributed by atoms with Crippen molar-refractivity contribution in [2.45, 2.75) is 71.3 Å². The number of hydrogen-bond acceptors (Lipinski definition) is 9. The maximum atomic E-state index is 14.7. The van der Waals surface area contributed by atoms with Crippen molar-refractivity contribution < 1.29 is 28.1 Å². The molecule has 1 aromatic heterocycles. The van der Waals surface area contributed by atoms with Gasteiger partial charge in [-0.05, 0) is 43.0 Å². The SMILES string of the molecule is COc1cc([N+](=O)[O-])c(Cn2cc(F)c(=O)n(Cc3ccccc3)c2=O)c([N+](=O)[O-])c1OCCCCCO[Si](C)(C)C(C)(C)C. The Morgan fingerprint density at radius 1 is 0.956 bits per heavy atom. The van der Waals surface area contributed by atoms with Gasteiger partial charge >= 0.3 is 11.4 Å². The molecule has 0 saturated heterocycles. The fraction of sp³-hybridized carbons (Fsp3) is 0.467. The molecule has 0 bridgehead atoms. The molecular formula is C30H39FN4O9Si. The van der Waals surface area contributed by atoms with Crippen LogP contribution in [0, 0.1) is 26.0 Å². The zero-order valence-electron chi connectivity index (χ0n) is 26.3. The van der Waals surface area contributed by atoms with Gasteiger partial charge in [0, 0.05) is 6.61 Å². The number of aromatic nitrogens is 2. The summed E-state index contributed by atoms with van der Waals surface area (Å²) in [5, 5.41) is 24.5. The third-order valence-corrected chi connectivity index (χ3v) is 12.5. The van der Waals surface area contributed by atoms with Crippen molar-refractivity contribution >= 4 is 19.7 Å². The molecule has 15 heteroatoms. The van der Waals surface area contributed by atoms with Gasteiger partial charge in [0.25, 0.3) is 11.2 Å². The van der Waals surface area contributed by atoms with Crippen LogP contribution in [-0.4, -0.2) is 47.6 Å². The number of nitro benzene ring substituents is 2. The van der Waals surface area contributed by atoms with Crippen molar-refractivity contribution in [3.8, 4) is 11.5 Å². The summed E-state index contributed by atoms with van der Waals surface area (Å²) in [5.74, 6) is -1.91. The number of benzene rings is 2. The predicted molar refractivity (Wildman–Crippen MR) is 168 cm³/mol. The second kappa shape index (κ2) is 14.6. The van der Waals surface area contributed by atoms with Crippen molar-refractivity contribution in [2.75, 3.05) is 20.3 Å². The van der Waals surface area contributed by atoms with E-state index in [2.05, 4.69) is 33.9 Å². The first kappa shape index (κ1) is 35.1. The number of nitrogens with zero attached hydrogens (tertiary/aromatic N) is 4. The predicted octanol–water partition coefficient (Wildman–Crippen LogP) is 5.64. The van der Waals surface area contributed by atoms with Crippen molar-refractivity contribution in [3.05, 3.63) is 101 Å². The van der Waals surface area contributed by atoms with Crippen LogP contribution >= 0.6 is 0 Å². The van der Waals surface area contributed by atoms with Crippen LogP contribution in [0.4, 0.5) is 15.8 Å². The summed E-state index contributed by atoms with van der Waals surface area (Å²) in [6, 6.07) is 9.30.